The number of halogens is 1. The van der Waals surface area contributed by atoms with E-state index in [-0.39, 0.29) is 17.2 Å². The van der Waals surface area contributed by atoms with Gasteiger partial charge in [0.05, 0.1) is 11.2 Å². The molecule has 1 aliphatic carbocycles. The number of aromatic nitrogens is 4. The molecule has 1 saturated heterocycles. The molecule has 28 heavy (non-hydrogen) atoms. The highest BCUT2D eigenvalue weighted by Gasteiger charge is 2.40. The van der Waals surface area contributed by atoms with Gasteiger partial charge < -0.3 is 15.0 Å². The Kier molecular flexibility index (Phi) is 3.97. The zero-order chi connectivity index (χ0) is 19.3. The molecule has 2 aliphatic rings. The third-order valence-corrected chi connectivity index (χ3v) is 5.51. The Balaban J connectivity index is 1.52. The van der Waals surface area contributed by atoms with E-state index >= 15 is 0 Å². The highest BCUT2D eigenvalue weighted by atomic mass is 19.1. The van der Waals surface area contributed by atoms with Crippen molar-refractivity contribution in [2.24, 2.45) is 0 Å². The van der Waals surface area contributed by atoms with Crippen molar-refractivity contribution >= 4 is 16.7 Å². The minimum absolute atomic E-state index is 0.251. The quantitative estimate of drug-likeness (QED) is 0.722. The molecule has 7 nitrogen and oxygen atoms in total. The van der Waals surface area contributed by atoms with E-state index in [9.17, 15) is 4.39 Å². The van der Waals surface area contributed by atoms with Gasteiger partial charge in [0.1, 0.15) is 23.4 Å². The highest BCUT2D eigenvalue weighted by molar-refractivity contribution is 5.93. The maximum atomic E-state index is 14.4. The van der Waals surface area contributed by atoms with Crippen LogP contribution in [0.4, 0.5) is 10.2 Å². The van der Waals surface area contributed by atoms with Gasteiger partial charge in [0.25, 0.3) is 0 Å². The van der Waals surface area contributed by atoms with Crippen molar-refractivity contribution in [3.8, 4) is 17.1 Å². The average molecular weight is 382 g/mol. The highest BCUT2D eigenvalue weighted by Crippen LogP contribution is 2.41. The van der Waals surface area contributed by atoms with E-state index in [0.717, 1.165) is 43.7 Å². The molecule has 2 fully saturated rings. The number of fused-ring (bicyclic) bond motifs is 1. The van der Waals surface area contributed by atoms with E-state index in [4.69, 9.17) is 4.74 Å². The SMILES string of the molecule is C[C@H]1CN(c2cc(-c3n[nH]c4cc(F)c(OC5(C)CC5)cc34)ncn2)CCN1. The van der Waals surface area contributed by atoms with Crippen LogP contribution in [-0.4, -0.2) is 51.4 Å². The summed E-state index contributed by atoms with van der Waals surface area (Å²) in [6.07, 6.45) is 3.45. The second-order valence-electron chi connectivity index (χ2n) is 8.02. The zero-order valence-electron chi connectivity index (χ0n) is 16.0. The monoisotopic (exact) mass is 382 g/mol. The topological polar surface area (TPSA) is 79.0 Å². The summed E-state index contributed by atoms with van der Waals surface area (Å²) in [6.45, 7) is 6.86. The Morgan fingerprint density at radius 1 is 1.25 bits per heavy atom. The Morgan fingerprint density at radius 3 is 2.89 bits per heavy atom. The molecule has 0 spiro atoms. The largest absolute Gasteiger partial charge is 0.484 e. The summed E-state index contributed by atoms with van der Waals surface area (Å²) < 4.78 is 20.3. The molecule has 0 bridgehead atoms. The predicted octanol–water partition coefficient (Wildman–Crippen LogP) is 2.89. The number of rotatable bonds is 4. The Hall–Kier alpha value is -2.74. The fourth-order valence-corrected chi connectivity index (χ4v) is 3.63. The van der Waals surface area contributed by atoms with Gasteiger partial charge >= 0.3 is 0 Å². The van der Waals surface area contributed by atoms with Crippen LogP contribution in [0.25, 0.3) is 22.3 Å². The van der Waals surface area contributed by atoms with Crippen LogP contribution < -0.4 is 15.0 Å². The maximum Gasteiger partial charge on any atom is 0.167 e. The summed E-state index contributed by atoms with van der Waals surface area (Å²) in [5.74, 6) is 0.757. The Labute approximate surface area is 162 Å². The summed E-state index contributed by atoms with van der Waals surface area (Å²) in [5, 5.41) is 11.5. The van der Waals surface area contributed by atoms with Crippen LogP contribution in [0.3, 0.4) is 0 Å². The molecule has 3 aromatic rings. The summed E-state index contributed by atoms with van der Waals surface area (Å²) in [7, 11) is 0. The number of aromatic amines is 1. The van der Waals surface area contributed by atoms with Crippen molar-refractivity contribution < 1.29 is 9.13 Å². The van der Waals surface area contributed by atoms with Crippen LogP contribution in [0.15, 0.2) is 24.5 Å². The molecule has 3 heterocycles. The van der Waals surface area contributed by atoms with Gasteiger partial charge in [-0.1, -0.05) is 0 Å². The fourth-order valence-electron chi connectivity index (χ4n) is 3.63. The first kappa shape index (κ1) is 17.4. The van der Waals surface area contributed by atoms with E-state index < -0.39 is 0 Å². The van der Waals surface area contributed by atoms with Gasteiger partial charge in [-0.05, 0) is 32.8 Å². The molecule has 0 radical (unpaired) electrons. The lowest BCUT2D eigenvalue weighted by molar-refractivity contribution is 0.191. The minimum atomic E-state index is -0.381. The Bertz CT molecular complexity index is 1030. The van der Waals surface area contributed by atoms with Gasteiger partial charge in [-0.2, -0.15) is 5.10 Å². The zero-order valence-corrected chi connectivity index (χ0v) is 16.0. The average Bonchev–Trinajstić information content (AvgIpc) is 3.27. The van der Waals surface area contributed by atoms with Gasteiger partial charge in [-0.15, -0.1) is 0 Å². The molecule has 2 aromatic heterocycles. The number of anilines is 1. The number of H-pyrrole nitrogens is 1. The van der Waals surface area contributed by atoms with Crippen molar-refractivity contribution in [3.05, 3.63) is 30.3 Å². The van der Waals surface area contributed by atoms with Crippen LogP contribution in [0, 0.1) is 5.82 Å². The third kappa shape index (κ3) is 3.17. The molecule has 5 rings (SSSR count). The van der Waals surface area contributed by atoms with Gasteiger partial charge in [-0.3, -0.25) is 5.10 Å². The number of benzene rings is 1. The van der Waals surface area contributed by atoms with Crippen molar-refractivity contribution in [2.75, 3.05) is 24.5 Å². The first-order valence-electron chi connectivity index (χ1n) is 9.68. The molecule has 1 atom stereocenters. The van der Waals surface area contributed by atoms with Crippen molar-refractivity contribution in [2.45, 2.75) is 38.3 Å². The van der Waals surface area contributed by atoms with Crippen LogP contribution in [0.5, 0.6) is 5.75 Å². The minimum Gasteiger partial charge on any atom is -0.484 e. The van der Waals surface area contributed by atoms with Crippen molar-refractivity contribution in [1.29, 1.82) is 0 Å². The second-order valence-corrected chi connectivity index (χ2v) is 8.02. The van der Waals surface area contributed by atoms with Gasteiger partial charge in [0.2, 0.25) is 0 Å². The fraction of sp³-hybridized carbons (Fsp3) is 0.450. The second kappa shape index (κ2) is 6.41. The molecule has 0 amide bonds. The van der Waals surface area contributed by atoms with E-state index in [2.05, 4.69) is 37.3 Å². The third-order valence-electron chi connectivity index (χ3n) is 5.51. The van der Waals surface area contributed by atoms with Crippen LogP contribution in [0.1, 0.15) is 26.7 Å². The van der Waals surface area contributed by atoms with Crippen LogP contribution in [-0.2, 0) is 0 Å². The van der Waals surface area contributed by atoms with Gasteiger partial charge in [0, 0.05) is 43.2 Å². The summed E-state index contributed by atoms with van der Waals surface area (Å²) >= 11 is 0. The normalized spacial score (nSPS) is 21.1. The smallest absolute Gasteiger partial charge is 0.167 e. The molecule has 2 N–H and O–H groups in total. The molecule has 0 unspecified atom stereocenters. The first-order chi connectivity index (χ1) is 13.5. The number of nitrogens with zero attached hydrogens (tertiary/aromatic N) is 4. The van der Waals surface area contributed by atoms with E-state index in [0.29, 0.717) is 22.9 Å². The predicted molar refractivity (Wildman–Crippen MR) is 105 cm³/mol. The number of nitrogens with one attached hydrogen (secondary N) is 2. The lowest BCUT2D eigenvalue weighted by Crippen LogP contribution is -2.49. The first-order valence-corrected chi connectivity index (χ1v) is 9.68. The lowest BCUT2D eigenvalue weighted by Gasteiger charge is -2.32. The molecule has 146 valence electrons. The number of hydrogen-bond donors (Lipinski definition) is 2. The molecule has 8 heteroatoms. The molecular formula is C20H23FN6O. The van der Waals surface area contributed by atoms with Gasteiger partial charge in [0.15, 0.2) is 11.6 Å². The van der Waals surface area contributed by atoms with E-state index in [1.165, 1.54) is 6.07 Å². The van der Waals surface area contributed by atoms with Crippen molar-refractivity contribution in [1.82, 2.24) is 25.5 Å². The molecule has 1 saturated carbocycles. The van der Waals surface area contributed by atoms with Gasteiger partial charge in [-0.25, -0.2) is 14.4 Å². The molecule has 1 aromatic carbocycles. The standard InChI is InChI=1S/C20H23FN6O/c1-12-10-27(6-5-22-12)18-9-16(23-11-24-18)19-13-7-17(28-20(2)3-4-20)14(21)8-15(13)25-26-19/h7-9,11-12,22H,3-6,10H2,1-2H3,(H,25,26)/t12-/m0/s1. The maximum absolute atomic E-state index is 14.4. The van der Waals surface area contributed by atoms with Crippen LogP contribution >= 0.6 is 0 Å². The molecular weight excluding hydrogens is 359 g/mol. The number of piperazine rings is 1. The number of ether oxygens (including phenoxy) is 1. The summed E-state index contributed by atoms with van der Waals surface area (Å²) in [4.78, 5) is 11.1. The van der Waals surface area contributed by atoms with E-state index in [1.54, 1.807) is 12.4 Å². The summed E-state index contributed by atoms with van der Waals surface area (Å²) in [6, 6.07) is 5.51. The Morgan fingerprint density at radius 2 is 2.11 bits per heavy atom. The summed E-state index contributed by atoms with van der Waals surface area (Å²) in [5.41, 5.74) is 1.75. The van der Waals surface area contributed by atoms with E-state index in [1.807, 2.05) is 13.0 Å². The lowest BCUT2D eigenvalue weighted by atomic mass is 10.1. The molecule has 1 aliphatic heterocycles. The number of hydrogen-bond acceptors (Lipinski definition) is 6. The van der Waals surface area contributed by atoms with Crippen molar-refractivity contribution in [3.63, 3.8) is 0 Å². The van der Waals surface area contributed by atoms with Crippen LogP contribution in [0.2, 0.25) is 0 Å².